The number of carbonyl (C=O) groups is 1. The lowest BCUT2D eigenvalue weighted by molar-refractivity contribution is -0.118. The normalized spacial score (nSPS) is 10.8. The summed E-state index contributed by atoms with van der Waals surface area (Å²) in [5.41, 5.74) is 3.07. The summed E-state index contributed by atoms with van der Waals surface area (Å²) in [6.45, 7) is 2.30. The average molecular weight is 479 g/mol. The number of rotatable bonds is 9. The Morgan fingerprint density at radius 3 is 2.39 bits per heavy atom. The van der Waals surface area contributed by atoms with Crippen LogP contribution in [0, 0.1) is 12.7 Å². The second-order valence-electron chi connectivity index (χ2n) is 7.36. The van der Waals surface area contributed by atoms with Crippen molar-refractivity contribution in [3.8, 4) is 5.69 Å². The number of nitrogens with zero attached hydrogens (tertiary/aromatic N) is 3. The van der Waals surface area contributed by atoms with Gasteiger partial charge in [0.05, 0.1) is 12.3 Å². The van der Waals surface area contributed by atoms with Gasteiger partial charge in [0.25, 0.3) is 0 Å². The Morgan fingerprint density at radius 1 is 0.939 bits per heavy atom. The molecular formula is C25H23FN4OS2. The predicted molar refractivity (Wildman–Crippen MR) is 131 cm³/mol. The van der Waals surface area contributed by atoms with Crippen molar-refractivity contribution in [2.45, 2.75) is 29.3 Å². The fourth-order valence-corrected chi connectivity index (χ4v) is 4.76. The molecule has 0 unspecified atom stereocenters. The fourth-order valence-electron chi connectivity index (χ4n) is 3.08. The predicted octanol–water partition coefficient (Wildman–Crippen LogP) is 5.42. The highest BCUT2D eigenvalue weighted by Crippen LogP contribution is 2.26. The number of thioether (sulfide) groups is 2. The lowest BCUT2D eigenvalue weighted by atomic mass is 10.2. The first-order valence-corrected chi connectivity index (χ1v) is 12.4. The van der Waals surface area contributed by atoms with Gasteiger partial charge >= 0.3 is 0 Å². The summed E-state index contributed by atoms with van der Waals surface area (Å²) < 4.78 is 15.2. The molecule has 0 saturated heterocycles. The number of halogens is 1. The third kappa shape index (κ3) is 6.46. The van der Waals surface area contributed by atoms with Crippen LogP contribution in [-0.2, 0) is 17.1 Å². The summed E-state index contributed by atoms with van der Waals surface area (Å²) in [4.78, 5) is 13.5. The van der Waals surface area contributed by atoms with E-state index in [0.29, 0.717) is 22.5 Å². The lowest BCUT2D eigenvalue weighted by Gasteiger charge is -2.11. The van der Waals surface area contributed by atoms with E-state index in [4.69, 9.17) is 0 Å². The first kappa shape index (κ1) is 23.1. The molecule has 0 spiro atoms. The van der Waals surface area contributed by atoms with Crippen molar-refractivity contribution >= 4 is 29.4 Å². The summed E-state index contributed by atoms with van der Waals surface area (Å²) in [7, 11) is 0. The van der Waals surface area contributed by atoms with Gasteiger partial charge in [0.1, 0.15) is 5.82 Å². The van der Waals surface area contributed by atoms with E-state index in [1.54, 1.807) is 12.1 Å². The molecule has 3 aromatic carbocycles. The largest absolute Gasteiger partial charge is 0.348 e. The van der Waals surface area contributed by atoms with Crippen LogP contribution >= 0.6 is 23.5 Å². The van der Waals surface area contributed by atoms with Gasteiger partial charge in [-0.2, -0.15) is 0 Å². The molecule has 0 fully saturated rings. The number of hydrogen-bond acceptors (Lipinski definition) is 5. The van der Waals surface area contributed by atoms with Crippen LogP contribution in [0.4, 0.5) is 4.39 Å². The van der Waals surface area contributed by atoms with Crippen molar-refractivity contribution in [1.29, 1.82) is 0 Å². The number of nitrogens with one attached hydrogen (secondary N) is 1. The number of aromatic nitrogens is 3. The van der Waals surface area contributed by atoms with Crippen molar-refractivity contribution in [1.82, 2.24) is 20.1 Å². The Hall–Kier alpha value is -3.10. The van der Waals surface area contributed by atoms with E-state index in [1.807, 2.05) is 66.1 Å². The molecule has 4 rings (SSSR count). The molecule has 0 atom stereocenters. The Bertz CT molecular complexity index is 1200. The van der Waals surface area contributed by atoms with E-state index >= 15 is 0 Å². The smallest absolute Gasteiger partial charge is 0.230 e. The van der Waals surface area contributed by atoms with Crippen LogP contribution in [0.25, 0.3) is 5.69 Å². The second-order valence-corrected chi connectivity index (χ2v) is 9.35. The molecule has 1 amide bonds. The number of amides is 1. The van der Waals surface area contributed by atoms with Crippen LogP contribution in [0.5, 0.6) is 0 Å². The second kappa shape index (κ2) is 11.2. The van der Waals surface area contributed by atoms with E-state index in [1.165, 1.54) is 35.7 Å². The maximum Gasteiger partial charge on any atom is 0.230 e. The van der Waals surface area contributed by atoms with Gasteiger partial charge in [-0.1, -0.05) is 59.8 Å². The van der Waals surface area contributed by atoms with Gasteiger partial charge in [-0.05, 0) is 48.9 Å². The monoisotopic (exact) mass is 478 g/mol. The number of carbonyl (C=O) groups excluding carboxylic acids is 1. The molecule has 0 aliphatic rings. The number of benzene rings is 3. The van der Waals surface area contributed by atoms with Gasteiger partial charge in [0, 0.05) is 16.3 Å². The van der Waals surface area contributed by atoms with Gasteiger partial charge in [0.2, 0.25) is 5.91 Å². The summed E-state index contributed by atoms with van der Waals surface area (Å²) >= 11 is 3.01. The van der Waals surface area contributed by atoms with Crippen LogP contribution in [0.2, 0.25) is 0 Å². The van der Waals surface area contributed by atoms with Gasteiger partial charge in [-0.25, -0.2) is 4.39 Å². The van der Waals surface area contributed by atoms with Crippen molar-refractivity contribution in [3.63, 3.8) is 0 Å². The van der Waals surface area contributed by atoms with Gasteiger partial charge < -0.3 is 5.32 Å². The van der Waals surface area contributed by atoms with E-state index in [9.17, 15) is 9.18 Å². The Labute approximate surface area is 200 Å². The molecular weight excluding hydrogens is 455 g/mol. The number of hydrogen-bond donors (Lipinski definition) is 1. The summed E-state index contributed by atoms with van der Waals surface area (Å²) in [5, 5.41) is 12.4. The Morgan fingerprint density at radius 2 is 1.67 bits per heavy atom. The van der Waals surface area contributed by atoms with Crippen molar-refractivity contribution in [3.05, 3.63) is 102 Å². The van der Waals surface area contributed by atoms with Crippen LogP contribution in [0.1, 0.15) is 17.0 Å². The minimum absolute atomic E-state index is 0.0668. The molecule has 1 heterocycles. The van der Waals surface area contributed by atoms with E-state index in [0.717, 1.165) is 21.7 Å². The molecule has 0 bridgehead atoms. The van der Waals surface area contributed by atoms with Crippen molar-refractivity contribution in [2.75, 3.05) is 5.75 Å². The molecule has 5 nitrogen and oxygen atoms in total. The van der Waals surface area contributed by atoms with E-state index in [-0.39, 0.29) is 18.3 Å². The highest BCUT2D eigenvalue weighted by atomic mass is 32.2. The summed E-state index contributed by atoms with van der Waals surface area (Å²) in [5.74, 6) is 1.29. The highest BCUT2D eigenvalue weighted by Gasteiger charge is 2.16. The first-order chi connectivity index (χ1) is 16.1. The standard InChI is InChI=1S/C25H23FN4OS2/c1-18-7-13-21(14-8-18)30-23(15-27-24(31)17-32-22-5-3-2-4-6-22)28-29-25(30)33-16-19-9-11-20(26)12-10-19/h2-14H,15-17H2,1H3,(H,27,31). The maximum absolute atomic E-state index is 13.2. The van der Waals surface area contributed by atoms with E-state index in [2.05, 4.69) is 15.5 Å². The van der Waals surface area contributed by atoms with Gasteiger partial charge in [-0.3, -0.25) is 9.36 Å². The van der Waals surface area contributed by atoms with Crippen LogP contribution in [0.15, 0.2) is 88.9 Å². The van der Waals surface area contributed by atoms with Crippen LogP contribution in [0.3, 0.4) is 0 Å². The molecule has 0 aliphatic carbocycles. The topological polar surface area (TPSA) is 59.8 Å². The van der Waals surface area contributed by atoms with Crippen molar-refractivity contribution < 1.29 is 9.18 Å². The van der Waals surface area contributed by atoms with Crippen LogP contribution in [-0.4, -0.2) is 26.4 Å². The Kier molecular flexibility index (Phi) is 7.80. The molecule has 0 saturated carbocycles. The molecule has 1 aromatic heterocycles. The third-order valence-corrected chi connectivity index (χ3v) is 6.84. The minimum atomic E-state index is -0.255. The van der Waals surface area contributed by atoms with Crippen LogP contribution < -0.4 is 5.32 Å². The SMILES string of the molecule is Cc1ccc(-n2c(CNC(=O)CSc3ccccc3)nnc2SCc2ccc(F)cc2)cc1. The highest BCUT2D eigenvalue weighted by molar-refractivity contribution is 8.00. The van der Waals surface area contributed by atoms with Gasteiger partial charge in [-0.15, -0.1) is 22.0 Å². The zero-order valence-electron chi connectivity index (χ0n) is 18.1. The van der Waals surface area contributed by atoms with Crippen molar-refractivity contribution in [2.24, 2.45) is 0 Å². The lowest BCUT2D eigenvalue weighted by Crippen LogP contribution is -2.26. The summed E-state index contributed by atoms with van der Waals surface area (Å²) in [6.07, 6.45) is 0. The molecule has 0 radical (unpaired) electrons. The quantitative estimate of drug-likeness (QED) is 0.326. The third-order valence-electron chi connectivity index (χ3n) is 4.83. The molecule has 33 heavy (non-hydrogen) atoms. The maximum atomic E-state index is 13.2. The number of aryl methyl sites for hydroxylation is 1. The van der Waals surface area contributed by atoms with Gasteiger partial charge in [0.15, 0.2) is 11.0 Å². The zero-order valence-corrected chi connectivity index (χ0v) is 19.7. The summed E-state index contributed by atoms with van der Waals surface area (Å²) in [6, 6.07) is 24.3. The first-order valence-electron chi connectivity index (χ1n) is 10.4. The molecule has 4 aromatic rings. The molecule has 1 N–H and O–H groups in total. The van der Waals surface area contributed by atoms with E-state index < -0.39 is 0 Å². The minimum Gasteiger partial charge on any atom is -0.348 e. The molecule has 168 valence electrons. The fraction of sp³-hybridized carbons (Fsp3) is 0.160. The average Bonchev–Trinajstić information content (AvgIpc) is 3.25. The Balaban J connectivity index is 1.46. The molecule has 8 heteroatoms. The molecule has 0 aliphatic heterocycles. The zero-order chi connectivity index (χ0) is 23.0.